The number of urea groups is 1. The minimum Gasteiger partial charge on any atom is -0.369 e. The number of imidazole rings is 1. The molecule has 5 rings (SSSR count). The monoisotopic (exact) mass is 646 g/mol. The number of likely N-dealkylation sites (tertiary alicyclic amines) is 1. The minimum atomic E-state index is -0.698. The molecule has 1 atom stereocenters. The van der Waals surface area contributed by atoms with Crippen molar-refractivity contribution in [3.8, 4) is 6.07 Å². The fraction of sp³-hybridized carbons (Fsp3) is 0.375. The van der Waals surface area contributed by atoms with E-state index in [0.29, 0.717) is 61.9 Å². The number of carbonyl (C=O) groups is 2. The second-order valence-corrected chi connectivity index (χ2v) is 11.9. The average molecular weight is 647 g/mol. The van der Waals surface area contributed by atoms with Gasteiger partial charge in [-0.2, -0.15) is 5.26 Å². The number of nitriles is 1. The van der Waals surface area contributed by atoms with Gasteiger partial charge in [-0.25, -0.2) is 24.2 Å². The van der Waals surface area contributed by atoms with Crippen LogP contribution in [0, 0.1) is 30.0 Å². The topological polar surface area (TPSA) is 166 Å². The van der Waals surface area contributed by atoms with Crippen LogP contribution in [0.2, 0.25) is 5.02 Å². The summed E-state index contributed by atoms with van der Waals surface area (Å²) in [6.45, 7) is 6.53. The molecular formula is C32H36ClFN10O2. The lowest BCUT2D eigenvalue weighted by Crippen LogP contribution is -2.44. The van der Waals surface area contributed by atoms with Gasteiger partial charge in [0.05, 0.1) is 34.1 Å². The first-order chi connectivity index (χ1) is 22.2. The molecule has 0 unspecified atom stereocenters. The Morgan fingerprint density at radius 2 is 1.89 bits per heavy atom. The molecule has 14 heteroatoms. The molecular weight excluding hydrogens is 611 g/mol. The maximum atomic E-state index is 15.1. The quantitative estimate of drug-likeness (QED) is 0.182. The number of aryl methyl sites for hydroxylation is 1. The predicted octanol–water partition coefficient (Wildman–Crippen LogP) is 5.98. The Labute approximate surface area is 271 Å². The molecule has 240 valence electrons. The van der Waals surface area contributed by atoms with Crippen molar-refractivity contribution < 1.29 is 14.0 Å². The summed E-state index contributed by atoms with van der Waals surface area (Å²) in [4.78, 5) is 40.2. The number of rotatable bonds is 7. The number of carbonyl (C=O) groups excluding carboxylic acids is 2. The molecule has 3 amide bonds. The Morgan fingerprint density at radius 1 is 1.15 bits per heavy atom. The van der Waals surface area contributed by atoms with Gasteiger partial charge in [0.25, 0.3) is 0 Å². The summed E-state index contributed by atoms with van der Waals surface area (Å²) >= 11 is 6.36. The Kier molecular flexibility index (Phi) is 10.2. The van der Waals surface area contributed by atoms with E-state index < -0.39 is 5.82 Å². The van der Waals surface area contributed by atoms with Crippen molar-refractivity contribution in [2.75, 3.05) is 29.0 Å². The number of aliphatic imine (C=N–C) groups is 2. The summed E-state index contributed by atoms with van der Waals surface area (Å²) in [5.74, 6) is -0.114. The van der Waals surface area contributed by atoms with Gasteiger partial charge in [0.1, 0.15) is 11.6 Å². The summed E-state index contributed by atoms with van der Waals surface area (Å²) < 4.78 is 17.0. The van der Waals surface area contributed by atoms with Crippen molar-refractivity contribution >= 4 is 59.4 Å². The molecule has 46 heavy (non-hydrogen) atoms. The molecule has 1 aromatic heterocycles. The fourth-order valence-electron chi connectivity index (χ4n) is 5.99. The number of nitrogens with zero attached hydrogens (tertiary/aromatic N) is 6. The number of hydrogen-bond donors (Lipinski definition) is 4. The normalized spacial score (nSPS) is 20.0. The van der Waals surface area contributed by atoms with E-state index in [0.717, 1.165) is 18.9 Å². The smallest absolute Gasteiger partial charge is 0.321 e. The van der Waals surface area contributed by atoms with E-state index in [1.165, 1.54) is 6.07 Å². The highest BCUT2D eigenvalue weighted by atomic mass is 35.5. The van der Waals surface area contributed by atoms with Crippen LogP contribution in [0.25, 0.3) is 0 Å². The number of nitrogens with two attached hydrogens (primary N) is 1. The lowest BCUT2D eigenvalue weighted by Gasteiger charge is -2.31. The molecule has 5 N–H and O–H groups in total. The van der Waals surface area contributed by atoms with Crippen molar-refractivity contribution in [3.05, 3.63) is 64.6 Å². The highest BCUT2D eigenvalue weighted by Crippen LogP contribution is 2.39. The molecule has 0 spiro atoms. The van der Waals surface area contributed by atoms with Gasteiger partial charge in [0, 0.05) is 30.7 Å². The molecule has 1 aliphatic carbocycles. The van der Waals surface area contributed by atoms with Gasteiger partial charge in [-0.15, -0.1) is 0 Å². The number of amides is 3. The van der Waals surface area contributed by atoms with Gasteiger partial charge in [-0.1, -0.05) is 29.8 Å². The third kappa shape index (κ3) is 7.46. The molecule has 12 nitrogen and oxygen atoms in total. The van der Waals surface area contributed by atoms with Gasteiger partial charge in [0.2, 0.25) is 17.8 Å². The maximum Gasteiger partial charge on any atom is 0.321 e. The lowest BCUT2D eigenvalue weighted by molar-refractivity contribution is -0.122. The molecule has 0 radical (unpaired) electrons. The van der Waals surface area contributed by atoms with E-state index in [1.807, 2.05) is 41.0 Å². The summed E-state index contributed by atoms with van der Waals surface area (Å²) in [6.07, 6.45) is 3.95. The number of benzene rings is 2. The van der Waals surface area contributed by atoms with Crippen LogP contribution in [-0.4, -0.2) is 58.2 Å². The first-order valence-electron chi connectivity index (χ1n) is 15.1. The number of anilines is 4. The van der Waals surface area contributed by atoms with Crippen molar-refractivity contribution in [2.45, 2.75) is 57.5 Å². The number of aromatic nitrogens is 2. The molecule has 1 saturated carbocycles. The number of guanidine groups is 1. The molecule has 0 bridgehead atoms. The van der Waals surface area contributed by atoms with Crippen molar-refractivity contribution in [1.29, 1.82) is 5.26 Å². The number of piperidine rings is 1. The first kappa shape index (κ1) is 32.4. The van der Waals surface area contributed by atoms with E-state index in [-0.39, 0.29) is 52.2 Å². The predicted molar refractivity (Wildman–Crippen MR) is 177 cm³/mol. The average Bonchev–Trinajstić information content (AvgIpc) is 3.36. The lowest BCUT2D eigenvalue weighted by atomic mass is 9.85. The van der Waals surface area contributed by atoms with Crippen LogP contribution in [0.3, 0.4) is 0 Å². The third-order valence-electron chi connectivity index (χ3n) is 8.35. The Balaban J connectivity index is 1.41. The molecule has 2 fully saturated rings. The number of primary amides is 1. The summed E-state index contributed by atoms with van der Waals surface area (Å²) in [6, 6.07) is 13.1. The highest BCUT2D eigenvalue weighted by Gasteiger charge is 2.31. The SMILES string of the molecule is C=NC(=N[C@@H]1CCCN(C(=O)Nc2ccccc2)C1)Nc1c(C)nc(Nc2c(F)cc(C#N)cc2Cl)n1C1CCC(C(N)=O)CC1. The van der Waals surface area contributed by atoms with E-state index in [4.69, 9.17) is 27.3 Å². The van der Waals surface area contributed by atoms with Crippen LogP contribution >= 0.6 is 11.6 Å². The molecule has 1 aliphatic heterocycles. The molecule has 2 heterocycles. The number of nitrogens with one attached hydrogen (secondary N) is 3. The zero-order valence-electron chi connectivity index (χ0n) is 25.5. The molecule has 1 saturated heterocycles. The molecule has 2 aliphatic rings. The number of halogens is 2. The largest absolute Gasteiger partial charge is 0.369 e. The van der Waals surface area contributed by atoms with E-state index in [2.05, 4.69) is 27.7 Å². The summed E-state index contributed by atoms with van der Waals surface area (Å²) in [5.41, 5.74) is 6.96. The molecule has 3 aromatic rings. The second kappa shape index (κ2) is 14.4. The van der Waals surface area contributed by atoms with Crippen LogP contribution in [0.5, 0.6) is 0 Å². The van der Waals surface area contributed by atoms with Crippen LogP contribution < -0.4 is 21.7 Å². The van der Waals surface area contributed by atoms with Gasteiger partial charge in [-0.05, 0) is 76.4 Å². The summed E-state index contributed by atoms with van der Waals surface area (Å²) in [5, 5.41) is 18.5. The van der Waals surface area contributed by atoms with Crippen molar-refractivity contribution in [1.82, 2.24) is 14.5 Å². The van der Waals surface area contributed by atoms with Crippen molar-refractivity contribution in [3.63, 3.8) is 0 Å². The molecule has 2 aromatic carbocycles. The van der Waals surface area contributed by atoms with Crippen LogP contribution in [0.4, 0.5) is 32.3 Å². The standard InChI is InChI=1S/C32H36ClFN10O2/c1-19-29(42-30(37-2)39-23-9-6-14-43(18-23)32(46)40-22-7-4-3-5-8-22)44(24-12-10-21(11-13-24)28(36)45)31(38-19)41-27-25(33)15-20(17-35)16-26(27)34/h3-5,7-8,15-16,21,23-24H,2,6,9-14,18H2,1H3,(H2,36,45)(H,38,41)(H,39,42)(H,40,46)/t21?,23-,24?/m1/s1. The zero-order chi connectivity index (χ0) is 32.8. The van der Waals surface area contributed by atoms with Gasteiger partial charge >= 0.3 is 6.03 Å². The third-order valence-corrected chi connectivity index (χ3v) is 8.65. The first-order valence-corrected chi connectivity index (χ1v) is 15.5. The Bertz CT molecular complexity index is 1650. The Hall–Kier alpha value is -4.96. The number of hydrogen-bond acceptors (Lipinski definition) is 6. The zero-order valence-corrected chi connectivity index (χ0v) is 26.2. The van der Waals surface area contributed by atoms with E-state index in [9.17, 15) is 14.9 Å². The van der Waals surface area contributed by atoms with Crippen LogP contribution in [-0.2, 0) is 4.79 Å². The van der Waals surface area contributed by atoms with E-state index in [1.54, 1.807) is 11.8 Å². The van der Waals surface area contributed by atoms with Gasteiger partial charge in [0.15, 0.2) is 0 Å². The number of para-hydroxylation sites is 1. The maximum absolute atomic E-state index is 15.1. The van der Waals surface area contributed by atoms with Crippen LogP contribution in [0.15, 0.2) is 52.4 Å². The van der Waals surface area contributed by atoms with Crippen molar-refractivity contribution in [2.24, 2.45) is 21.6 Å². The highest BCUT2D eigenvalue weighted by molar-refractivity contribution is 6.33. The van der Waals surface area contributed by atoms with Gasteiger partial charge < -0.3 is 26.6 Å². The van der Waals surface area contributed by atoms with Gasteiger partial charge in [-0.3, -0.25) is 9.36 Å². The fourth-order valence-corrected chi connectivity index (χ4v) is 6.24. The Morgan fingerprint density at radius 3 is 2.54 bits per heavy atom. The minimum absolute atomic E-state index is 0.0175. The van der Waals surface area contributed by atoms with Crippen LogP contribution in [0.1, 0.15) is 55.8 Å². The summed E-state index contributed by atoms with van der Waals surface area (Å²) in [7, 11) is 0. The van der Waals surface area contributed by atoms with E-state index >= 15 is 4.39 Å². The second-order valence-electron chi connectivity index (χ2n) is 11.5.